The van der Waals surface area contributed by atoms with Crippen LogP contribution in [0.5, 0.6) is 5.75 Å². The summed E-state index contributed by atoms with van der Waals surface area (Å²) >= 11 is 0. The van der Waals surface area contributed by atoms with Crippen molar-refractivity contribution in [3.05, 3.63) is 29.8 Å². The van der Waals surface area contributed by atoms with Gasteiger partial charge < -0.3 is 9.84 Å². The lowest BCUT2D eigenvalue weighted by atomic mass is 10.0. The van der Waals surface area contributed by atoms with Crippen LogP contribution in [-0.2, 0) is 6.54 Å². The Bertz CT molecular complexity index is 371. The molecule has 0 spiro atoms. The molecular formula is C16H25NO2. The van der Waals surface area contributed by atoms with E-state index in [0.717, 1.165) is 18.8 Å². The van der Waals surface area contributed by atoms with Crippen LogP contribution >= 0.6 is 0 Å². The fraction of sp³-hybridized carbons (Fsp3) is 0.625. The minimum atomic E-state index is -0.175. The lowest BCUT2D eigenvalue weighted by molar-refractivity contribution is 0.0725. The molecule has 1 atom stereocenters. The smallest absolute Gasteiger partial charge is 0.118 e. The maximum atomic E-state index is 10.2. The molecule has 3 nitrogen and oxygen atoms in total. The number of hydrogen-bond donors (Lipinski definition) is 1. The van der Waals surface area contributed by atoms with Gasteiger partial charge in [-0.15, -0.1) is 0 Å². The van der Waals surface area contributed by atoms with E-state index in [1.165, 1.54) is 31.2 Å². The maximum absolute atomic E-state index is 10.2. The van der Waals surface area contributed by atoms with Crippen LogP contribution in [0.1, 0.15) is 31.2 Å². The van der Waals surface area contributed by atoms with Gasteiger partial charge in [0.2, 0.25) is 0 Å². The zero-order valence-electron chi connectivity index (χ0n) is 12.0. The van der Waals surface area contributed by atoms with E-state index in [0.29, 0.717) is 5.92 Å². The average molecular weight is 263 g/mol. The monoisotopic (exact) mass is 263 g/mol. The number of nitrogens with zero attached hydrogens (tertiary/aromatic N) is 1. The molecule has 1 unspecified atom stereocenters. The van der Waals surface area contributed by atoms with E-state index in [4.69, 9.17) is 4.74 Å². The Kier molecular flexibility index (Phi) is 5.23. The fourth-order valence-corrected chi connectivity index (χ4v) is 2.92. The number of hydrogen-bond acceptors (Lipinski definition) is 3. The molecule has 1 aromatic rings. The molecule has 0 bridgehead atoms. The fourth-order valence-electron chi connectivity index (χ4n) is 2.92. The van der Waals surface area contributed by atoms with Gasteiger partial charge in [0.1, 0.15) is 5.75 Å². The number of rotatable bonds is 6. The molecule has 0 amide bonds. The van der Waals surface area contributed by atoms with E-state index in [-0.39, 0.29) is 6.10 Å². The molecule has 106 valence electrons. The summed E-state index contributed by atoms with van der Waals surface area (Å²) in [7, 11) is 3.75. The van der Waals surface area contributed by atoms with Crippen molar-refractivity contribution in [1.29, 1.82) is 0 Å². The normalized spacial score (nSPS) is 17.9. The number of aliphatic hydroxyl groups excluding tert-OH is 1. The molecule has 0 radical (unpaired) electrons. The third kappa shape index (κ3) is 4.22. The number of ether oxygens (including phenoxy) is 1. The molecule has 2 rings (SSSR count). The van der Waals surface area contributed by atoms with Gasteiger partial charge in [0.15, 0.2) is 0 Å². The average Bonchev–Trinajstić information content (AvgIpc) is 2.93. The Morgan fingerprint density at radius 2 is 1.89 bits per heavy atom. The molecule has 0 aliphatic heterocycles. The van der Waals surface area contributed by atoms with Crippen molar-refractivity contribution < 1.29 is 9.84 Å². The Labute approximate surface area is 116 Å². The standard InChI is InChI=1S/C16H25NO2/c1-17(12-16(18)14-5-3-4-6-14)11-13-7-9-15(19-2)10-8-13/h7-10,14,16,18H,3-6,11-12H2,1-2H3. The molecular weight excluding hydrogens is 238 g/mol. The second-order valence-corrected chi connectivity index (χ2v) is 5.66. The molecule has 0 aromatic heterocycles. The lowest BCUT2D eigenvalue weighted by Gasteiger charge is -2.24. The lowest BCUT2D eigenvalue weighted by Crippen LogP contribution is -2.33. The Balaban J connectivity index is 1.80. The van der Waals surface area contributed by atoms with Crippen molar-refractivity contribution in [3.63, 3.8) is 0 Å². The number of aliphatic hydroxyl groups is 1. The van der Waals surface area contributed by atoms with Gasteiger partial charge in [0.05, 0.1) is 13.2 Å². The van der Waals surface area contributed by atoms with Crippen molar-refractivity contribution in [1.82, 2.24) is 4.90 Å². The van der Waals surface area contributed by atoms with Crippen LogP contribution in [0.2, 0.25) is 0 Å². The zero-order valence-corrected chi connectivity index (χ0v) is 12.0. The molecule has 1 aliphatic rings. The highest BCUT2D eigenvalue weighted by atomic mass is 16.5. The summed E-state index contributed by atoms with van der Waals surface area (Å²) < 4.78 is 5.15. The summed E-state index contributed by atoms with van der Waals surface area (Å²) in [4.78, 5) is 2.20. The predicted molar refractivity (Wildman–Crippen MR) is 77.3 cm³/mol. The first-order valence-electron chi connectivity index (χ1n) is 7.18. The van der Waals surface area contributed by atoms with Gasteiger partial charge in [-0.2, -0.15) is 0 Å². The van der Waals surface area contributed by atoms with Crippen molar-refractivity contribution in [3.8, 4) is 5.75 Å². The number of likely N-dealkylation sites (N-methyl/N-ethyl adjacent to an activating group) is 1. The molecule has 1 saturated carbocycles. The zero-order chi connectivity index (χ0) is 13.7. The van der Waals surface area contributed by atoms with Crippen molar-refractivity contribution in [2.45, 2.75) is 38.3 Å². The van der Waals surface area contributed by atoms with Gasteiger partial charge >= 0.3 is 0 Å². The summed E-state index contributed by atoms with van der Waals surface area (Å²) in [6, 6.07) is 8.13. The second kappa shape index (κ2) is 6.92. The molecule has 1 aliphatic carbocycles. The van der Waals surface area contributed by atoms with Gasteiger partial charge in [-0.05, 0) is 43.5 Å². The van der Waals surface area contributed by atoms with Crippen molar-refractivity contribution >= 4 is 0 Å². The van der Waals surface area contributed by atoms with Crippen molar-refractivity contribution in [2.24, 2.45) is 5.92 Å². The molecule has 1 N–H and O–H groups in total. The van der Waals surface area contributed by atoms with Gasteiger partial charge in [-0.25, -0.2) is 0 Å². The first-order chi connectivity index (χ1) is 9.19. The maximum Gasteiger partial charge on any atom is 0.118 e. The molecule has 3 heteroatoms. The molecule has 1 aromatic carbocycles. The molecule has 0 heterocycles. The Hall–Kier alpha value is -1.06. The summed E-state index contributed by atoms with van der Waals surface area (Å²) in [5.74, 6) is 1.40. The first kappa shape index (κ1) is 14.4. The van der Waals surface area contributed by atoms with E-state index in [9.17, 15) is 5.11 Å². The molecule has 19 heavy (non-hydrogen) atoms. The Morgan fingerprint density at radius 1 is 1.26 bits per heavy atom. The van der Waals surface area contributed by atoms with E-state index < -0.39 is 0 Å². The highest BCUT2D eigenvalue weighted by Gasteiger charge is 2.23. The quantitative estimate of drug-likeness (QED) is 0.856. The third-order valence-electron chi connectivity index (χ3n) is 4.05. The van der Waals surface area contributed by atoms with Crippen LogP contribution in [0.25, 0.3) is 0 Å². The topological polar surface area (TPSA) is 32.7 Å². The van der Waals surface area contributed by atoms with E-state index in [1.54, 1.807) is 7.11 Å². The summed E-state index contributed by atoms with van der Waals surface area (Å²) in [5.41, 5.74) is 1.25. The molecule has 0 saturated heterocycles. The Morgan fingerprint density at radius 3 is 2.47 bits per heavy atom. The minimum Gasteiger partial charge on any atom is -0.497 e. The van der Waals surface area contributed by atoms with Crippen LogP contribution < -0.4 is 4.74 Å². The van der Waals surface area contributed by atoms with Crippen LogP contribution in [0.3, 0.4) is 0 Å². The first-order valence-corrected chi connectivity index (χ1v) is 7.18. The largest absolute Gasteiger partial charge is 0.497 e. The van der Waals surface area contributed by atoms with E-state index in [2.05, 4.69) is 24.1 Å². The van der Waals surface area contributed by atoms with Crippen molar-refractivity contribution in [2.75, 3.05) is 20.7 Å². The van der Waals surface area contributed by atoms with Crippen LogP contribution in [0, 0.1) is 5.92 Å². The minimum absolute atomic E-state index is 0.175. The third-order valence-corrected chi connectivity index (χ3v) is 4.05. The van der Waals surface area contributed by atoms with Crippen LogP contribution in [0.15, 0.2) is 24.3 Å². The molecule has 1 fully saturated rings. The summed E-state index contributed by atoms with van der Waals surface area (Å²) in [5, 5.41) is 10.2. The summed E-state index contributed by atoms with van der Waals surface area (Å²) in [6.45, 7) is 1.63. The number of methoxy groups -OCH3 is 1. The summed E-state index contributed by atoms with van der Waals surface area (Å²) in [6.07, 6.45) is 4.77. The van der Waals surface area contributed by atoms with E-state index in [1.807, 2.05) is 12.1 Å². The van der Waals surface area contributed by atoms with E-state index >= 15 is 0 Å². The van der Waals surface area contributed by atoms with Gasteiger partial charge in [0, 0.05) is 13.1 Å². The van der Waals surface area contributed by atoms with Gasteiger partial charge in [-0.1, -0.05) is 25.0 Å². The highest BCUT2D eigenvalue weighted by molar-refractivity contribution is 5.27. The van der Waals surface area contributed by atoms with Crippen LogP contribution in [0.4, 0.5) is 0 Å². The highest BCUT2D eigenvalue weighted by Crippen LogP contribution is 2.28. The van der Waals surface area contributed by atoms with Crippen LogP contribution in [-0.4, -0.2) is 36.8 Å². The second-order valence-electron chi connectivity index (χ2n) is 5.66. The number of benzene rings is 1. The van der Waals surface area contributed by atoms with Gasteiger partial charge in [-0.3, -0.25) is 4.90 Å². The predicted octanol–water partition coefficient (Wildman–Crippen LogP) is 2.68. The SMILES string of the molecule is COc1ccc(CN(C)CC(O)C2CCCC2)cc1. The van der Waals surface area contributed by atoms with Gasteiger partial charge in [0.25, 0.3) is 0 Å².